The third-order valence-electron chi connectivity index (χ3n) is 4.13. The lowest BCUT2D eigenvalue weighted by Crippen LogP contribution is -2.50. The first-order valence-electron chi connectivity index (χ1n) is 8.09. The van der Waals surface area contributed by atoms with E-state index in [0.29, 0.717) is 23.9 Å². The molecule has 0 atom stereocenters. The van der Waals surface area contributed by atoms with Gasteiger partial charge in [0.25, 0.3) is 5.91 Å². The van der Waals surface area contributed by atoms with Gasteiger partial charge in [-0.1, -0.05) is 11.6 Å². The maximum absolute atomic E-state index is 12.3. The van der Waals surface area contributed by atoms with Crippen LogP contribution in [0.5, 0.6) is 5.75 Å². The molecular weight excluding hydrogens is 363 g/mol. The molecule has 6 nitrogen and oxygen atoms in total. The average molecular weight is 385 g/mol. The molecular formula is C17H22Cl2N4O2. The van der Waals surface area contributed by atoms with Crippen molar-refractivity contribution in [1.82, 2.24) is 14.5 Å². The van der Waals surface area contributed by atoms with Crippen LogP contribution >= 0.6 is 24.0 Å². The van der Waals surface area contributed by atoms with Crippen LogP contribution in [0.15, 0.2) is 36.7 Å². The van der Waals surface area contributed by atoms with Crippen molar-refractivity contribution in [3.8, 4) is 5.75 Å². The number of rotatable bonds is 5. The maximum Gasteiger partial charge on any atom is 0.260 e. The quantitative estimate of drug-likeness (QED) is 0.794. The molecule has 2 heterocycles. The summed E-state index contributed by atoms with van der Waals surface area (Å²) in [7, 11) is 0. The molecule has 1 amide bonds. The number of imidazole rings is 1. The zero-order valence-corrected chi connectivity index (χ0v) is 15.7. The minimum atomic E-state index is 0. The van der Waals surface area contributed by atoms with Crippen LogP contribution < -0.4 is 9.64 Å². The van der Waals surface area contributed by atoms with Crippen molar-refractivity contribution in [3.63, 3.8) is 0 Å². The molecule has 1 aromatic carbocycles. The summed E-state index contributed by atoms with van der Waals surface area (Å²) in [6.07, 6.45) is 3.79. The molecule has 2 aromatic rings. The van der Waals surface area contributed by atoms with Crippen LogP contribution in [0.2, 0.25) is 5.02 Å². The van der Waals surface area contributed by atoms with E-state index in [1.54, 1.807) is 24.3 Å². The fourth-order valence-electron chi connectivity index (χ4n) is 2.75. The molecule has 8 heteroatoms. The number of ether oxygens (including phenoxy) is 1. The summed E-state index contributed by atoms with van der Waals surface area (Å²) in [6, 6.07) is 7.02. The van der Waals surface area contributed by atoms with E-state index in [-0.39, 0.29) is 24.9 Å². The van der Waals surface area contributed by atoms with Gasteiger partial charge < -0.3 is 19.1 Å². The summed E-state index contributed by atoms with van der Waals surface area (Å²) in [6.45, 7) is 5.96. The number of hydrogen-bond donors (Lipinski definition) is 0. The Bertz CT molecular complexity index is 682. The van der Waals surface area contributed by atoms with E-state index in [9.17, 15) is 4.79 Å². The van der Waals surface area contributed by atoms with Crippen molar-refractivity contribution in [2.24, 2.45) is 0 Å². The van der Waals surface area contributed by atoms with E-state index in [1.807, 2.05) is 17.3 Å². The summed E-state index contributed by atoms with van der Waals surface area (Å²) in [5.74, 6) is 1.63. The third kappa shape index (κ3) is 4.80. The molecule has 1 aliphatic rings. The number of anilines is 1. The number of carbonyl (C=O) groups excluding carboxylic acids is 1. The summed E-state index contributed by atoms with van der Waals surface area (Å²) in [5.41, 5.74) is 0. The van der Waals surface area contributed by atoms with Crippen molar-refractivity contribution in [3.05, 3.63) is 41.7 Å². The molecule has 1 fully saturated rings. The molecule has 136 valence electrons. The van der Waals surface area contributed by atoms with Gasteiger partial charge in [-0.2, -0.15) is 0 Å². The van der Waals surface area contributed by atoms with Gasteiger partial charge in [0.15, 0.2) is 6.61 Å². The lowest BCUT2D eigenvalue weighted by molar-refractivity contribution is -0.133. The maximum atomic E-state index is 12.3. The molecule has 0 spiro atoms. The number of halogens is 2. The molecule has 0 bridgehead atoms. The molecule has 1 saturated heterocycles. The molecule has 25 heavy (non-hydrogen) atoms. The van der Waals surface area contributed by atoms with E-state index in [2.05, 4.69) is 21.4 Å². The topological polar surface area (TPSA) is 50.6 Å². The highest BCUT2D eigenvalue weighted by Crippen LogP contribution is 2.17. The Balaban J connectivity index is 0.00000225. The van der Waals surface area contributed by atoms with Crippen molar-refractivity contribution in [1.29, 1.82) is 0 Å². The van der Waals surface area contributed by atoms with Crippen LogP contribution in [0.4, 0.5) is 5.95 Å². The zero-order valence-electron chi connectivity index (χ0n) is 14.1. The largest absolute Gasteiger partial charge is 0.484 e. The smallest absolute Gasteiger partial charge is 0.260 e. The lowest BCUT2D eigenvalue weighted by Gasteiger charge is -2.35. The Morgan fingerprint density at radius 1 is 1.20 bits per heavy atom. The first kappa shape index (κ1) is 19.4. The third-order valence-corrected chi connectivity index (χ3v) is 4.38. The van der Waals surface area contributed by atoms with Crippen molar-refractivity contribution >= 4 is 35.9 Å². The number of amides is 1. The highest BCUT2D eigenvalue weighted by Gasteiger charge is 2.23. The molecule has 1 aliphatic heterocycles. The summed E-state index contributed by atoms with van der Waals surface area (Å²) in [5, 5.41) is 0.648. The molecule has 0 radical (unpaired) electrons. The number of hydrogen-bond acceptors (Lipinski definition) is 4. The number of aromatic nitrogens is 2. The number of piperazine rings is 1. The lowest BCUT2D eigenvalue weighted by atomic mass is 10.3. The van der Waals surface area contributed by atoms with E-state index in [1.165, 1.54) is 0 Å². The van der Waals surface area contributed by atoms with E-state index >= 15 is 0 Å². The van der Waals surface area contributed by atoms with Crippen molar-refractivity contribution < 1.29 is 9.53 Å². The van der Waals surface area contributed by atoms with Gasteiger partial charge in [-0.3, -0.25) is 4.79 Å². The first-order chi connectivity index (χ1) is 11.7. The zero-order chi connectivity index (χ0) is 16.9. The van der Waals surface area contributed by atoms with E-state index < -0.39 is 0 Å². The van der Waals surface area contributed by atoms with Crippen molar-refractivity contribution in [2.45, 2.75) is 13.5 Å². The van der Waals surface area contributed by atoms with E-state index in [4.69, 9.17) is 16.3 Å². The summed E-state index contributed by atoms with van der Waals surface area (Å²) in [4.78, 5) is 20.8. The minimum Gasteiger partial charge on any atom is -0.484 e. The van der Waals surface area contributed by atoms with Crippen LogP contribution in [0.25, 0.3) is 0 Å². The van der Waals surface area contributed by atoms with Crippen molar-refractivity contribution in [2.75, 3.05) is 37.7 Å². The van der Waals surface area contributed by atoms with Crippen LogP contribution in [-0.2, 0) is 11.3 Å². The Morgan fingerprint density at radius 2 is 1.88 bits per heavy atom. The van der Waals surface area contributed by atoms with Gasteiger partial charge in [-0.25, -0.2) is 4.98 Å². The standard InChI is InChI=1S/C17H21ClN4O2.ClH/c1-2-20-8-7-19-17(20)22-11-9-21(10-12-22)16(23)13-24-15-5-3-14(18)4-6-15;/h3-8H,2,9-13H2,1H3;1H. The molecule has 0 aliphatic carbocycles. The Labute approximate surface area is 158 Å². The molecule has 3 rings (SSSR count). The second kappa shape index (κ2) is 8.97. The number of nitrogens with zero attached hydrogens (tertiary/aromatic N) is 4. The van der Waals surface area contributed by atoms with Gasteiger partial charge in [-0.05, 0) is 31.2 Å². The molecule has 0 saturated carbocycles. The van der Waals surface area contributed by atoms with Crippen LogP contribution in [-0.4, -0.2) is 53.1 Å². The second-order valence-corrected chi connectivity index (χ2v) is 6.06. The Kier molecular flexibility index (Phi) is 6.96. The molecule has 0 N–H and O–H groups in total. The average Bonchev–Trinajstić information content (AvgIpc) is 3.10. The monoisotopic (exact) mass is 384 g/mol. The second-order valence-electron chi connectivity index (χ2n) is 5.62. The highest BCUT2D eigenvalue weighted by molar-refractivity contribution is 6.30. The van der Waals surface area contributed by atoms with Gasteiger partial charge in [-0.15, -0.1) is 12.4 Å². The SMILES string of the molecule is CCn1ccnc1N1CCN(C(=O)COc2ccc(Cl)cc2)CC1.Cl. The molecule has 1 aromatic heterocycles. The number of aryl methyl sites for hydroxylation is 1. The van der Waals surface area contributed by atoms with Gasteiger partial charge in [0.2, 0.25) is 5.95 Å². The fourth-order valence-corrected chi connectivity index (χ4v) is 2.88. The highest BCUT2D eigenvalue weighted by atomic mass is 35.5. The Morgan fingerprint density at radius 3 is 2.52 bits per heavy atom. The van der Waals surface area contributed by atoms with Gasteiger partial charge in [0.05, 0.1) is 0 Å². The minimum absolute atomic E-state index is 0. The summed E-state index contributed by atoms with van der Waals surface area (Å²) >= 11 is 5.83. The predicted octanol–water partition coefficient (Wildman–Crippen LogP) is 2.71. The number of carbonyl (C=O) groups is 1. The van der Waals surface area contributed by atoms with Gasteiger partial charge in [0.1, 0.15) is 5.75 Å². The normalized spacial score (nSPS) is 14.2. The van der Waals surface area contributed by atoms with Gasteiger partial charge >= 0.3 is 0 Å². The van der Waals surface area contributed by atoms with Gasteiger partial charge in [0, 0.05) is 50.1 Å². The first-order valence-corrected chi connectivity index (χ1v) is 8.47. The predicted molar refractivity (Wildman–Crippen MR) is 101 cm³/mol. The number of benzene rings is 1. The summed E-state index contributed by atoms with van der Waals surface area (Å²) < 4.78 is 7.64. The van der Waals surface area contributed by atoms with Crippen LogP contribution in [0.3, 0.4) is 0 Å². The van der Waals surface area contributed by atoms with Crippen LogP contribution in [0, 0.1) is 0 Å². The fraction of sp³-hybridized carbons (Fsp3) is 0.412. The molecule has 0 unspecified atom stereocenters. The Hall–Kier alpha value is -1.92. The van der Waals surface area contributed by atoms with E-state index in [0.717, 1.165) is 25.6 Å². The van der Waals surface area contributed by atoms with Crippen LogP contribution in [0.1, 0.15) is 6.92 Å².